The van der Waals surface area contributed by atoms with Gasteiger partial charge in [-0.3, -0.25) is 0 Å². The molecule has 0 fully saturated rings. The monoisotopic (exact) mass is 512 g/mol. The lowest BCUT2D eigenvalue weighted by Gasteiger charge is -2.00. The first-order chi connectivity index (χ1) is 15.7. The molecule has 0 spiro atoms. The minimum atomic E-state index is 0.667. The molecule has 0 aliphatic carbocycles. The Kier molecular flexibility index (Phi) is 6.76. The maximum atomic E-state index is 5.96. The molecule has 7 heteroatoms. The summed E-state index contributed by atoms with van der Waals surface area (Å²) in [5, 5.41) is 2.14. The smallest absolute Gasteiger partial charge is 0.0482 e. The maximum Gasteiger partial charge on any atom is 0.0482 e. The second kappa shape index (κ2) is 9.73. The first-order valence-electron chi connectivity index (χ1n) is 10.5. The van der Waals surface area contributed by atoms with Gasteiger partial charge in [-0.25, -0.2) is 0 Å². The van der Waals surface area contributed by atoms with E-state index in [0.717, 1.165) is 12.8 Å². The summed E-state index contributed by atoms with van der Waals surface area (Å²) < 4.78 is 0. The van der Waals surface area contributed by atoms with Crippen molar-refractivity contribution in [3.05, 3.63) is 69.9 Å². The Labute approximate surface area is 208 Å². The Morgan fingerprint density at radius 2 is 1.22 bits per heavy atom. The van der Waals surface area contributed by atoms with Crippen LogP contribution in [0.4, 0.5) is 0 Å². The van der Waals surface area contributed by atoms with Crippen molar-refractivity contribution >= 4 is 56.7 Å². The second-order valence-corrected chi connectivity index (χ2v) is 13.0. The van der Waals surface area contributed by atoms with E-state index in [1.807, 2.05) is 45.3 Å². The zero-order valence-corrected chi connectivity index (χ0v) is 21.8. The third-order valence-electron chi connectivity index (χ3n) is 5.25. The molecule has 0 bridgehead atoms. The molecule has 0 radical (unpaired) electrons. The van der Waals surface area contributed by atoms with E-state index in [4.69, 9.17) is 11.5 Å². The first-order valence-corrected chi connectivity index (χ1v) is 14.7. The van der Waals surface area contributed by atoms with Crippen molar-refractivity contribution in [1.29, 1.82) is 0 Å². The van der Waals surface area contributed by atoms with Gasteiger partial charge in [-0.15, -0.1) is 56.7 Å². The highest BCUT2D eigenvalue weighted by Gasteiger charge is 2.18. The van der Waals surface area contributed by atoms with Crippen LogP contribution in [0.5, 0.6) is 0 Å². The molecule has 2 nitrogen and oxygen atoms in total. The summed E-state index contributed by atoms with van der Waals surface area (Å²) in [6.45, 7) is 3.50. The van der Waals surface area contributed by atoms with Crippen LogP contribution in [0.3, 0.4) is 0 Å². The number of aryl methyl sites for hydroxylation is 1. The Hall–Kier alpha value is -1.58. The summed E-state index contributed by atoms with van der Waals surface area (Å²) in [4.78, 5) is 12.1. The minimum absolute atomic E-state index is 0.667. The molecule has 0 aliphatic rings. The Morgan fingerprint density at radius 1 is 0.625 bits per heavy atom. The summed E-state index contributed by atoms with van der Waals surface area (Å²) in [6, 6.07) is 18.0. The van der Waals surface area contributed by atoms with Gasteiger partial charge in [-0.2, -0.15) is 0 Å². The van der Waals surface area contributed by atoms with Gasteiger partial charge in [-0.05, 0) is 91.8 Å². The molecule has 5 heterocycles. The Balaban J connectivity index is 1.53. The summed E-state index contributed by atoms with van der Waals surface area (Å²) in [5.41, 5.74) is 14.6. The fraction of sp³-hybridized carbons (Fsp3) is 0.200. The van der Waals surface area contributed by atoms with Gasteiger partial charge in [0.05, 0.1) is 0 Å². The van der Waals surface area contributed by atoms with Crippen LogP contribution in [-0.2, 0) is 12.8 Å². The summed E-state index contributed by atoms with van der Waals surface area (Å²) in [6.07, 6.45) is 1.81. The van der Waals surface area contributed by atoms with Gasteiger partial charge in [0.2, 0.25) is 0 Å². The molecule has 0 unspecified atom stereocenters. The average Bonchev–Trinajstić information content (AvgIpc) is 3.57. The van der Waals surface area contributed by atoms with Crippen molar-refractivity contribution in [3.8, 4) is 39.0 Å². The normalized spacial score (nSPS) is 11.5. The van der Waals surface area contributed by atoms with Crippen molar-refractivity contribution in [2.75, 3.05) is 13.1 Å². The van der Waals surface area contributed by atoms with Crippen LogP contribution >= 0.6 is 56.7 Å². The van der Waals surface area contributed by atoms with Crippen molar-refractivity contribution in [2.45, 2.75) is 19.8 Å². The molecule has 0 saturated carbocycles. The molecule has 0 aliphatic heterocycles. The van der Waals surface area contributed by atoms with Gasteiger partial charge in [0.1, 0.15) is 0 Å². The van der Waals surface area contributed by atoms with E-state index in [9.17, 15) is 0 Å². The highest BCUT2D eigenvalue weighted by molar-refractivity contribution is 7.29. The van der Waals surface area contributed by atoms with E-state index in [1.165, 1.54) is 55.0 Å². The van der Waals surface area contributed by atoms with Gasteiger partial charge >= 0.3 is 0 Å². The topological polar surface area (TPSA) is 52.0 Å². The van der Waals surface area contributed by atoms with E-state index in [0.29, 0.717) is 13.1 Å². The molecular weight excluding hydrogens is 489 g/mol. The van der Waals surface area contributed by atoms with Gasteiger partial charge < -0.3 is 11.5 Å². The number of thiophene rings is 5. The Morgan fingerprint density at radius 3 is 1.72 bits per heavy atom. The molecular formula is C25H24N2S5. The van der Waals surface area contributed by atoms with Crippen LogP contribution in [0.1, 0.15) is 16.0 Å². The summed E-state index contributed by atoms with van der Waals surface area (Å²) in [7, 11) is 0. The minimum Gasteiger partial charge on any atom is -0.330 e. The first kappa shape index (κ1) is 22.2. The van der Waals surface area contributed by atoms with Gasteiger partial charge in [0.25, 0.3) is 0 Å². The Bertz CT molecular complexity index is 1320. The summed E-state index contributed by atoms with van der Waals surface area (Å²) >= 11 is 9.33. The molecule has 5 rings (SSSR count). The zero-order chi connectivity index (χ0) is 22.1. The van der Waals surface area contributed by atoms with E-state index in [2.05, 4.69) is 60.8 Å². The van der Waals surface area contributed by atoms with E-state index in [1.54, 1.807) is 11.3 Å². The molecule has 0 atom stereocenters. The quantitative estimate of drug-likeness (QED) is 0.221. The van der Waals surface area contributed by atoms with Crippen LogP contribution < -0.4 is 11.5 Å². The highest BCUT2D eigenvalue weighted by atomic mass is 32.1. The highest BCUT2D eigenvalue weighted by Crippen LogP contribution is 2.47. The molecule has 32 heavy (non-hydrogen) atoms. The van der Waals surface area contributed by atoms with E-state index in [-0.39, 0.29) is 0 Å². The lowest BCUT2D eigenvalue weighted by Crippen LogP contribution is -2.02. The third kappa shape index (κ3) is 4.43. The molecule has 0 saturated heterocycles. The molecule has 164 valence electrons. The second-order valence-electron chi connectivity index (χ2n) is 7.56. The van der Waals surface area contributed by atoms with Crippen LogP contribution in [0.15, 0.2) is 53.9 Å². The van der Waals surface area contributed by atoms with Crippen LogP contribution in [0, 0.1) is 6.92 Å². The number of hydrogen-bond donors (Lipinski definition) is 2. The van der Waals surface area contributed by atoms with Crippen LogP contribution in [0.25, 0.3) is 39.0 Å². The predicted octanol–water partition coefficient (Wildman–Crippen LogP) is 7.97. The van der Waals surface area contributed by atoms with Crippen LogP contribution in [0.2, 0.25) is 0 Å². The fourth-order valence-electron chi connectivity index (χ4n) is 3.77. The largest absolute Gasteiger partial charge is 0.330 e. The van der Waals surface area contributed by atoms with Crippen molar-refractivity contribution < 1.29 is 0 Å². The molecule has 0 aromatic carbocycles. The van der Waals surface area contributed by atoms with Gasteiger partial charge in [0, 0.05) is 43.9 Å². The fourth-order valence-corrected chi connectivity index (χ4v) is 9.26. The van der Waals surface area contributed by atoms with Crippen LogP contribution in [-0.4, -0.2) is 13.1 Å². The molecule has 5 aromatic heterocycles. The van der Waals surface area contributed by atoms with Crippen molar-refractivity contribution in [2.24, 2.45) is 11.5 Å². The standard InChI is InChI=1S/C25H24N2S5/c1-15-4-5-19(29-15)23-14-17(9-11-27)25(32-23)21-7-6-20(30-21)24-16(8-10-26)13-22(31-24)18-3-2-12-28-18/h2-7,12-14H,8-11,26-27H2,1H3. The van der Waals surface area contributed by atoms with Gasteiger partial charge in [-0.1, -0.05) is 6.07 Å². The zero-order valence-electron chi connectivity index (χ0n) is 17.7. The maximum absolute atomic E-state index is 5.96. The number of rotatable bonds is 8. The lowest BCUT2D eigenvalue weighted by molar-refractivity contribution is 0.976. The molecule has 4 N–H and O–H groups in total. The lowest BCUT2D eigenvalue weighted by atomic mass is 10.1. The predicted molar refractivity (Wildman–Crippen MR) is 148 cm³/mol. The summed E-state index contributed by atoms with van der Waals surface area (Å²) in [5.74, 6) is 0. The van der Waals surface area contributed by atoms with Crippen molar-refractivity contribution in [3.63, 3.8) is 0 Å². The number of nitrogens with two attached hydrogens (primary N) is 2. The molecule has 0 amide bonds. The van der Waals surface area contributed by atoms with Crippen molar-refractivity contribution in [1.82, 2.24) is 0 Å². The van der Waals surface area contributed by atoms with Gasteiger partial charge in [0.15, 0.2) is 0 Å². The van der Waals surface area contributed by atoms with E-state index >= 15 is 0 Å². The van der Waals surface area contributed by atoms with E-state index < -0.39 is 0 Å². The average molecular weight is 513 g/mol. The SMILES string of the molecule is Cc1ccc(-c2cc(CCN)c(-c3ccc(-c4sc(-c5cccs5)cc4CCN)s3)s2)s1. The molecule has 5 aromatic rings. The number of hydrogen-bond acceptors (Lipinski definition) is 7. The third-order valence-corrected chi connectivity index (χ3v) is 11.3.